The number of carbonyl (C=O) groups is 1. The lowest BCUT2D eigenvalue weighted by Crippen LogP contribution is -2.03. The molecule has 1 N–H and O–H groups in total. The Morgan fingerprint density at radius 3 is 2.86 bits per heavy atom. The number of benzene rings is 1. The number of rotatable bonds is 4. The number of carboxylic acids is 1. The Kier molecular flexibility index (Phi) is 3.76. The van der Waals surface area contributed by atoms with E-state index in [9.17, 15) is 9.18 Å². The normalized spacial score (nSPS) is 9.86. The van der Waals surface area contributed by atoms with E-state index in [1.165, 1.54) is 6.07 Å². The fraction of sp³-hybridized carbons (Fsp3) is 0.222. The number of aromatic carboxylic acids is 1. The maximum absolute atomic E-state index is 13.0. The van der Waals surface area contributed by atoms with Gasteiger partial charge in [-0.1, -0.05) is 0 Å². The second-order valence-corrected chi connectivity index (χ2v) is 2.97. The molecule has 0 fully saturated rings. The monoisotopic (exact) mass is 216 g/mol. The van der Waals surface area contributed by atoms with Crippen molar-refractivity contribution in [1.29, 1.82) is 0 Å². The molecule has 3 nitrogen and oxygen atoms in total. The zero-order valence-corrected chi connectivity index (χ0v) is 8.13. The molecule has 5 heteroatoms. The Bertz CT molecular complexity index is 341. The van der Waals surface area contributed by atoms with E-state index in [1.54, 1.807) is 0 Å². The van der Waals surface area contributed by atoms with Crippen LogP contribution in [0.3, 0.4) is 0 Å². The topological polar surface area (TPSA) is 46.5 Å². The van der Waals surface area contributed by atoms with Crippen LogP contribution in [0.25, 0.3) is 0 Å². The predicted molar refractivity (Wildman–Crippen MR) is 52.7 cm³/mol. The summed E-state index contributed by atoms with van der Waals surface area (Å²) >= 11 is 3.89. The zero-order chi connectivity index (χ0) is 10.6. The summed E-state index contributed by atoms with van der Waals surface area (Å²) in [6.45, 7) is 0.239. The third-order valence-corrected chi connectivity index (χ3v) is 1.71. The number of ether oxygens (including phenoxy) is 1. The number of carboxylic acid groups (broad SMARTS) is 1. The first-order valence-electron chi connectivity index (χ1n) is 3.91. The summed E-state index contributed by atoms with van der Waals surface area (Å²) in [5.41, 5.74) is 0.000522. The van der Waals surface area contributed by atoms with Gasteiger partial charge in [-0.3, -0.25) is 0 Å². The van der Waals surface area contributed by atoms with Crippen molar-refractivity contribution in [2.75, 3.05) is 12.4 Å². The average molecular weight is 216 g/mol. The van der Waals surface area contributed by atoms with Crippen LogP contribution in [-0.2, 0) is 0 Å². The third kappa shape index (κ3) is 2.63. The summed E-state index contributed by atoms with van der Waals surface area (Å²) in [6, 6.07) is 3.41. The first-order valence-corrected chi connectivity index (χ1v) is 4.55. The van der Waals surface area contributed by atoms with Gasteiger partial charge in [0.2, 0.25) is 0 Å². The molecule has 1 aromatic carbocycles. The van der Waals surface area contributed by atoms with Crippen molar-refractivity contribution in [3.63, 3.8) is 0 Å². The lowest BCUT2D eigenvalue weighted by Gasteiger charge is -2.05. The Balaban J connectivity index is 2.90. The number of halogens is 1. The molecule has 0 bridgehead atoms. The second-order valence-electron chi connectivity index (χ2n) is 2.52. The van der Waals surface area contributed by atoms with Crippen molar-refractivity contribution in [2.24, 2.45) is 0 Å². The Morgan fingerprint density at radius 1 is 1.57 bits per heavy atom. The van der Waals surface area contributed by atoms with Gasteiger partial charge in [0, 0.05) is 5.75 Å². The second kappa shape index (κ2) is 4.85. The van der Waals surface area contributed by atoms with E-state index in [1.807, 2.05) is 0 Å². The fourth-order valence-electron chi connectivity index (χ4n) is 0.903. The minimum Gasteiger partial charge on any atom is -0.490 e. The van der Waals surface area contributed by atoms with Gasteiger partial charge in [0.1, 0.15) is 0 Å². The highest BCUT2D eigenvalue weighted by Crippen LogP contribution is 2.18. The molecule has 0 saturated heterocycles. The van der Waals surface area contributed by atoms with Gasteiger partial charge in [0.25, 0.3) is 0 Å². The average Bonchev–Trinajstić information content (AvgIpc) is 2.16. The highest BCUT2D eigenvalue weighted by atomic mass is 32.1. The SMILES string of the molecule is O=C(O)c1ccc(F)c(OCCS)c1. The van der Waals surface area contributed by atoms with Crippen LogP contribution in [0, 0.1) is 5.82 Å². The lowest BCUT2D eigenvalue weighted by molar-refractivity contribution is 0.0696. The minimum atomic E-state index is -1.11. The highest BCUT2D eigenvalue weighted by Gasteiger charge is 2.08. The third-order valence-electron chi connectivity index (χ3n) is 1.53. The Hall–Kier alpha value is -1.23. The highest BCUT2D eigenvalue weighted by molar-refractivity contribution is 7.80. The largest absolute Gasteiger partial charge is 0.490 e. The first kappa shape index (κ1) is 10.8. The van der Waals surface area contributed by atoms with Crippen molar-refractivity contribution in [2.45, 2.75) is 0 Å². The minimum absolute atomic E-state index is 0.000522. The van der Waals surface area contributed by atoms with Crippen LogP contribution in [0.5, 0.6) is 5.75 Å². The molecular formula is C9H9FO3S. The maximum Gasteiger partial charge on any atom is 0.335 e. The molecule has 76 valence electrons. The number of hydrogen-bond donors (Lipinski definition) is 2. The van der Waals surface area contributed by atoms with Crippen molar-refractivity contribution >= 4 is 18.6 Å². The van der Waals surface area contributed by atoms with Gasteiger partial charge in [0.05, 0.1) is 12.2 Å². The van der Waals surface area contributed by atoms with Gasteiger partial charge in [0.15, 0.2) is 11.6 Å². The standard InChI is InChI=1S/C9H9FO3S/c10-7-2-1-6(9(11)12)5-8(7)13-3-4-14/h1-2,5,14H,3-4H2,(H,11,12). The molecule has 0 spiro atoms. The van der Waals surface area contributed by atoms with Crippen LogP contribution in [0.15, 0.2) is 18.2 Å². The number of thiol groups is 1. The zero-order valence-electron chi connectivity index (χ0n) is 7.24. The Morgan fingerprint density at radius 2 is 2.29 bits per heavy atom. The molecule has 1 rings (SSSR count). The van der Waals surface area contributed by atoms with Gasteiger partial charge < -0.3 is 9.84 Å². The number of hydrogen-bond acceptors (Lipinski definition) is 3. The summed E-state index contributed by atoms with van der Waals surface area (Å²) in [5, 5.41) is 8.63. The molecule has 0 heterocycles. The van der Waals surface area contributed by atoms with E-state index in [4.69, 9.17) is 9.84 Å². The van der Waals surface area contributed by atoms with E-state index < -0.39 is 11.8 Å². The molecular weight excluding hydrogens is 207 g/mol. The molecule has 0 aromatic heterocycles. The van der Waals surface area contributed by atoms with E-state index in [2.05, 4.69) is 12.6 Å². The first-order chi connectivity index (χ1) is 6.65. The van der Waals surface area contributed by atoms with E-state index in [0.717, 1.165) is 12.1 Å². The Labute approximate surface area is 85.9 Å². The lowest BCUT2D eigenvalue weighted by atomic mass is 10.2. The van der Waals surface area contributed by atoms with Gasteiger partial charge in [-0.05, 0) is 18.2 Å². The predicted octanol–water partition coefficient (Wildman–Crippen LogP) is 1.83. The van der Waals surface area contributed by atoms with Crippen molar-refractivity contribution in [1.82, 2.24) is 0 Å². The molecule has 0 saturated carbocycles. The molecule has 0 radical (unpaired) electrons. The van der Waals surface area contributed by atoms with Crippen LogP contribution in [0.4, 0.5) is 4.39 Å². The van der Waals surface area contributed by atoms with Crippen LogP contribution >= 0.6 is 12.6 Å². The summed E-state index contributed by atoms with van der Waals surface area (Å²) in [5.74, 6) is -1.30. The van der Waals surface area contributed by atoms with Crippen LogP contribution in [0.2, 0.25) is 0 Å². The van der Waals surface area contributed by atoms with Crippen LogP contribution < -0.4 is 4.74 Å². The van der Waals surface area contributed by atoms with Gasteiger partial charge in [-0.25, -0.2) is 9.18 Å². The molecule has 14 heavy (non-hydrogen) atoms. The smallest absolute Gasteiger partial charge is 0.335 e. The van der Waals surface area contributed by atoms with Gasteiger partial charge in [-0.2, -0.15) is 12.6 Å². The molecule has 1 aromatic rings. The summed E-state index contributed by atoms with van der Waals surface area (Å²) < 4.78 is 18.0. The molecule has 0 aliphatic carbocycles. The molecule has 0 aliphatic rings. The summed E-state index contributed by atoms with van der Waals surface area (Å²) in [4.78, 5) is 10.5. The molecule has 0 amide bonds. The van der Waals surface area contributed by atoms with Crippen molar-refractivity contribution in [3.8, 4) is 5.75 Å². The maximum atomic E-state index is 13.0. The fourth-order valence-corrected chi connectivity index (χ4v) is 0.994. The van der Waals surface area contributed by atoms with Crippen LogP contribution in [-0.4, -0.2) is 23.4 Å². The van der Waals surface area contributed by atoms with E-state index >= 15 is 0 Å². The molecule has 0 unspecified atom stereocenters. The van der Waals surface area contributed by atoms with E-state index in [-0.39, 0.29) is 17.9 Å². The molecule has 0 atom stereocenters. The van der Waals surface area contributed by atoms with Gasteiger partial charge in [-0.15, -0.1) is 0 Å². The quantitative estimate of drug-likeness (QED) is 0.755. The van der Waals surface area contributed by atoms with Gasteiger partial charge >= 0.3 is 5.97 Å². The van der Waals surface area contributed by atoms with Crippen molar-refractivity contribution < 1.29 is 19.0 Å². The molecule has 0 aliphatic heterocycles. The van der Waals surface area contributed by atoms with E-state index in [0.29, 0.717) is 5.75 Å². The summed E-state index contributed by atoms with van der Waals surface area (Å²) in [6.07, 6.45) is 0. The summed E-state index contributed by atoms with van der Waals surface area (Å²) in [7, 11) is 0. The van der Waals surface area contributed by atoms with Crippen LogP contribution in [0.1, 0.15) is 10.4 Å². The van der Waals surface area contributed by atoms with Crippen molar-refractivity contribution in [3.05, 3.63) is 29.6 Å².